The molecule has 0 spiro atoms. The van der Waals surface area contributed by atoms with E-state index in [4.69, 9.17) is 5.11 Å². The molecule has 5 heteroatoms. The Bertz CT molecular complexity index is 553. The summed E-state index contributed by atoms with van der Waals surface area (Å²) in [6, 6.07) is 6.21. The SMILES string of the molecule is Oc1ccc(C=Nc2cccnc2)c(O)c1O. The molecule has 1 aromatic carbocycles. The van der Waals surface area contributed by atoms with E-state index in [-0.39, 0.29) is 5.75 Å². The smallest absolute Gasteiger partial charge is 0.200 e. The molecule has 2 rings (SSSR count). The van der Waals surface area contributed by atoms with Gasteiger partial charge < -0.3 is 15.3 Å². The number of phenols is 3. The zero-order valence-electron chi connectivity index (χ0n) is 8.78. The van der Waals surface area contributed by atoms with E-state index in [0.29, 0.717) is 11.3 Å². The summed E-state index contributed by atoms with van der Waals surface area (Å²) in [5.74, 6) is -1.33. The second-order valence-corrected chi connectivity index (χ2v) is 3.34. The van der Waals surface area contributed by atoms with Crippen LogP contribution in [0.25, 0.3) is 0 Å². The van der Waals surface area contributed by atoms with Gasteiger partial charge in [-0.1, -0.05) is 0 Å². The third kappa shape index (κ3) is 2.34. The minimum Gasteiger partial charge on any atom is -0.504 e. The maximum absolute atomic E-state index is 9.54. The summed E-state index contributed by atoms with van der Waals surface area (Å²) in [6.07, 6.45) is 4.57. The van der Waals surface area contributed by atoms with Crippen molar-refractivity contribution in [1.29, 1.82) is 0 Å². The monoisotopic (exact) mass is 230 g/mol. The molecule has 2 aromatic rings. The summed E-state index contributed by atoms with van der Waals surface area (Å²) >= 11 is 0. The fourth-order valence-corrected chi connectivity index (χ4v) is 1.26. The highest BCUT2D eigenvalue weighted by Crippen LogP contribution is 2.36. The third-order valence-electron chi connectivity index (χ3n) is 2.16. The van der Waals surface area contributed by atoms with E-state index < -0.39 is 11.5 Å². The molecule has 0 bridgehead atoms. The maximum atomic E-state index is 9.54. The van der Waals surface area contributed by atoms with Crippen molar-refractivity contribution in [1.82, 2.24) is 4.98 Å². The number of hydrogen-bond acceptors (Lipinski definition) is 5. The Kier molecular flexibility index (Phi) is 2.91. The summed E-state index contributed by atoms with van der Waals surface area (Å²) in [5.41, 5.74) is 0.934. The molecule has 0 saturated heterocycles. The molecule has 0 aliphatic carbocycles. The first-order valence-electron chi connectivity index (χ1n) is 4.86. The molecule has 0 aliphatic heterocycles. The first kappa shape index (κ1) is 10.9. The van der Waals surface area contributed by atoms with E-state index in [1.165, 1.54) is 18.3 Å². The maximum Gasteiger partial charge on any atom is 0.200 e. The highest BCUT2D eigenvalue weighted by atomic mass is 16.3. The summed E-state index contributed by atoms with van der Waals surface area (Å²) in [6.45, 7) is 0. The summed E-state index contributed by atoms with van der Waals surface area (Å²) in [5, 5.41) is 28.0. The van der Waals surface area contributed by atoms with E-state index in [2.05, 4.69) is 9.98 Å². The minimum absolute atomic E-state index is 0.309. The molecule has 1 aromatic heterocycles. The van der Waals surface area contributed by atoms with Gasteiger partial charge in [-0.15, -0.1) is 0 Å². The molecule has 0 radical (unpaired) electrons. The second-order valence-electron chi connectivity index (χ2n) is 3.34. The van der Waals surface area contributed by atoms with Crippen LogP contribution in [-0.4, -0.2) is 26.5 Å². The Balaban J connectivity index is 2.31. The Labute approximate surface area is 97.4 Å². The van der Waals surface area contributed by atoms with Crippen molar-refractivity contribution in [3.63, 3.8) is 0 Å². The summed E-state index contributed by atoms with van der Waals surface area (Å²) in [7, 11) is 0. The minimum atomic E-state index is -0.555. The molecule has 17 heavy (non-hydrogen) atoms. The molecule has 1 heterocycles. The molecule has 0 amide bonds. The molecule has 0 fully saturated rings. The molecule has 0 saturated carbocycles. The Hall–Kier alpha value is -2.56. The Morgan fingerprint density at radius 1 is 1.06 bits per heavy atom. The molecule has 0 aliphatic rings. The van der Waals surface area contributed by atoms with Crippen molar-refractivity contribution < 1.29 is 15.3 Å². The van der Waals surface area contributed by atoms with Crippen LogP contribution in [0, 0.1) is 0 Å². The van der Waals surface area contributed by atoms with Gasteiger partial charge in [-0.25, -0.2) is 0 Å². The zero-order chi connectivity index (χ0) is 12.3. The van der Waals surface area contributed by atoms with Crippen LogP contribution in [-0.2, 0) is 0 Å². The lowest BCUT2D eigenvalue weighted by atomic mass is 10.2. The average Bonchev–Trinajstić information content (AvgIpc) is 2.36. The van der Waals surface area contributed by atoms with Gasteiger partial charge in [0.05, 0.1) is 11.9 Å². The quantitative estimate of drug-likeness (QED) is 0.543. The summed E-state index contributed by atoms with van der Waals surface area (Å²) < 4.78 is 0. The fraction of sp³-hybridized carbons (Fsp3) is 0. The van der Waals surface area contributed by atoms with E-state index in [0.717, 1.165) is 0 Å². The lowest BCUT2D eigenvalue weighted by Gasteiger charge is -2.03. The predicted octanol–water partition coefficient (Wildman–Crippen LogP) is 1.95. The van der Waals surface area contributed by atoms with Crippen LogP contribution in [0.2, 0.25) is 0 Å². The molecular formula is C12H10N2O3. The largest absolute Gasteiger partial charge is 0.504 e. The highest BCUT2D eigenvalue weighted by Gasteiger charge is 2.08. The molecular weight excluding hydrogens is 220 g/mol. The summed E-state index contributed by atoms with van der Waals surface area (Å²) in [4.78, 5) is 7.95. The fourth-order valence-electron chi connectivity index (χ4n) is 1.26. The second kappa shape index (κ2) is 4.52. The van der Waals surface area contributed by atoms with Crippen LogP contribution >= 0.6 is 0 Å². The van der Waals surface area contributed by atoms with Gasteiger partial charge >= 0.3 is 0 Å². The van der Waals surface area contributed by atoms with Crippen molar-refractivity contribution in [3.05, 3.63) is 42.2 Å². The number of hydrogen-bond donors (Lipinski definition) is 3. The topological polar surface area (TPSA) is 85.9 Å². The van der Waals surface area contributed by atoms with Crippen molar-refractivity contribution in [2.75, 3.05) is 0 Å². The van der Waals surface area contributed by atoms with E-state index in [9.17, 15) is 10.2 Å². The van der Waals surface area contributed by atoms with Gasteiger partial charge in [0, 0.05) is 18.0 Å². The number of rotatable bonds is 2. The lowest BCUT2D eigenvalue weighted by Crippen LogP contribution is -1.83. The van der Waals surface area contributed by atoms with Crippen LogP contribution in [0.15, 0.2) is 41.7 Å². The van der Waals surface area contributed by atoms with Crippen LogP contribution < -0.4 is 0 Å². The van der Waals surface area contributed by atoms with Crippen molar-refractivity contribution in [2.24, 2.45) is 4.99 Å². The number of nitrogens with zero attached hydrogens (tertiary/aromatic N) is 2. The predicted molar refractivity (Wildman–Crippen MR) is 62.9 cm³/mol. The van der Waals surface area contributed by atoms with Crippen LogP contribution in [0.4, 0.5) is 5.69 Å². The molecule has 86 valence electrons. The van der Waals surface area contributed by atoms with Gasteiger partial charge in [-0.3, -0.25) is 9.98 Å². The van der Waals surface area contributed by atoms with Gasteiger partial charge in [0.1, 0.15) is 0 Å². The van der Waals surface area contributed by atoms with Gasteiger partial charge in [-0.2, -0.15) is 0 Å². The number of benzene rings is 1. The number of aromatic hydroxyl groups is 3. The number of phenolic OH excluding ortho intramolecular Hbond substituents is 3. The van der Waals surface area contributed by atoms with Gasteiger partial charge in [0.25, 0.3) is 0 Å². The number of pyridine rings is 1. The molecule has 5 nitrogen and oxygen atoms in total. The van der Waals surface area contributed by atoms with E-state index in [1.807, 2.05) is 0 Å². The molecule has 3 N–H and O–H groups in total. The van der Waals surface area contributed by atoms with Crippen LogP contribution in [0.5, 0.6) is 17.2 Å². The van der Waals surface area contributed by atoms with Crippen molar-refractivity contribution in [2.45, 2.75) is 0 Å². The van der Waals surface area contributed by atoms with Crippen molar-refractivity contribution >= 4 is 11.9 Å². The van der Waals surface area contributed by atoms with Gasteiger partial charge in [0.2, 0.25) is 5.75 Å². The normalized spacial score (nSPS) is 10.8. The van der Waals surface area contributed by atoms with E-state index >= 15 is 0 Å². The Morgan fingerprint density at radius 3 is 2.59 bits per heavy atom. The first-order chi connectivity index (χ1) is 8.18. The number of aliphatic imine (C=N–C) groups is 1. The number of aromatic nitrogens is 1. The van der Waals surface area contributed by atoms with Gasteiger partial charge in [0.15, 0.2) is 11.5 Å². The van der Waals surface area contributed by atoms with Crippen molar-refractivity contribution in [3.8, 4) is 17.2 Å². The van der Waals surface area contributed by atoms with E-state index in [1.54, 1.807) is 24.5 Å². The average molecular weight is 230 g/mol. The third-order valence-corrected chi connectivity index (χ3v) is 2.16. The Morgan fingerprint density at radius 2 is 1.88 bits per heavy atom. The van der Waals surface area contributed by atoms with Crippen LogP contribution in [0.3, 0.4) is 0 Å². The zero-order valence-corrected chi connectivity index (χ0v) is 8.78. The highest BCUT2D eigenvalue weighted by molar-refractivity contribution is 5.87. The van der Waals surface area contributed by atoms with Crippen LogP contribution in [0.1, 0.15) is 5.56 Å². The molecule has 0 atom stereocenters. The molecule has 0 unspecified atom stereocenters. The lowest BCUT2D eigenvalue weighted by molar-refractivity contribution is 0.367. The standard InChI is InChI=1S/C12H10N2O3/c15-10-4-3-8(11(16)12(10)17)6-14-9-2-1-5-13-7-9/h1-7,15-17H. The van der Waals surface area contributed by atoms with Gasteiger partial charge in [-0.05, 0) is 24.3 Å². The first-order valence-corrected chi connectivity index (χ1v) is 4.86.